The molecule has 0 saturated carbocycles. The second-order valence-electron chi connectivity index (χ2n) is 0.0891. The van der Waals surface area contributed by atoms with E-state index in [2.05, 4.69) is 11.6 Å². The van der Waals surface area contributed by atoms with Crippen molar-refractivity contribution in [2.45, 2.75) is 0 Å². The minimum atomic E-state index is 0. The molecule has 0 aliphatic heterocycles. The summed E-state index contributed by atoms with van der Waals surface area (Å²) in [4.78, 5) is 8.57. The minimum Gasteiger partial charge on any atom is -1.00 e. The summed E-state index contributed by atoms with van der Waals surface area (Å²) >= 11 is 4.32. The van der Waals surface area contributed by atoms with Crippen molar-refractivity contribution in [1.29, 1.82) is 0 Å². The Hall–Kier alpha value is 0.960. The van der Waals surface area contributed by atoms with Crippen molar-refractivity contribution in [2.24, 2.45) is 0 Å². The average Bonchev–Trinajstić information content (AvgIpc) is 0.918. The summed E-state index contributed by atoms with van der Waals surface area (Å²) in [5, 5.41) is 0. The molecule has 0 aliphatic carbocycles. The molecule has 0 fully saturated rings. The van der Waals surface area contributed by atoms with Crippen molar-refractivity contribution in [1.82, 2.24) is 0 Å². The van der Waals surface area contributed by atoms with E-state index in [0.29, 0.717) is 0 Å². The number of halogens is 1. The van der Waals surface area contributed by atoms with Gasteiger partial charge < -0.3 is 1.43 Å². The van der Waals surface area contributed by atoms with E-state index < -0.39 is 0 Å². The van der Waals surface area contributed by atoms with Crippen LogP contribution in [0.15, 0.2) is 0 Å². The first-order valence-electron chi connectivity index (χ1n) is 0.454. The van der Waals surface area contributed by atoms with Crippen LogP contribution in [0.3, 0.4) is 0 Å². The summed E-state index contributed by atoms with van der Waals surface area (Å²) in [5.41, 5.74) is 0. The van der Waals surface area contributed by atoms with Gasteiger partial charge in [-0.3, -0.25) is 4.79 Å². The van der Waals surface area contributed by atoms with Gasteiger partial charge in [-0.05, 0) is 11.6 Å². The third-order valence-electron chi connectivity index (χ3n) is 0. The van der Waals surface area contributed by atoms with Crippen LogP contribution in [0.2, 0.25) is 0 Å². The second kappa shape index (κ2) is 9.03. The normalized spacial score (nSPS) is 3.25. The molecule has 0 atom stereocenters. The SMILES string of the molecule is O=CCl.[H-].[Na+]. The summed E-state index contributed by atoms with van der Waals surface area (Å²) in [6.45, 7) is 0. The molecule has 0 aromatic rings. The van der Waals surface area contributed by atoms with Crippen molar-refractivity contribution >= 4 is 17.3 Å². The van der Waals surface area contributed by atoms with Gasteiger partial charge in [-0.1, -0.05) is 0 Å². The number of hydrogen-bond donors (Lipinski definition) is 0. The fourth-order valence-corrected chi connectivity index (χ4v) is 0. The van der Waals surface area contributed by atoms with Crippen LogP contribution in [-0.4, -0.2) is 5.75 Å². The van der Waals surface area contributed by atoms with E-state index in [-0.39, 0.29) is 36.7 Å². The van der Waals surface area contributed by atoms with Crippen LogP contribution < -0.4 is 29.6 Å². The Morgan fingerprint density at radius 2 is 2.00 bits per heavy atom. The maximum absolute atomic E-state index is 8.57. The van der Waals surface area contributed by atoms with Crippen LogP contribution in [0.1, 0.15) is 1.43 Å². The standard InChI is InChI=1S/CHClO.Na.H/c2-1-3;;/h1H;;/q;+1;-1. The Kier molecular flexibility index (Phi) is 20.0. The van der Waals surface area contributed by atoms with Crippen molar-refractivity contribution < 1.29 is 35.8 Å². The van der Waals surface area contributed by atoms with Gasteiger partial charge in [-0.15, -0.1) is 0 Å². The third-order valence-corrected chi connectivity index (χ3v) is 0. The van der Waals surface area contributed by atoms with Crippen molar-refractivity contribution in [3.8, 4) is 0 Å². The van der Waals surface area contributed by atoms with Crippen LogP contribution in [0, 0.1) is 0 Å². The molecule has 0 aromatic carbocycles. The van der Waals surface area contributed by atoms with E-state index in [9.17, 15) is 0 Å². The summed E-state index contributed by atoms with van der Waals surface area (Å²) in [7, 11) is 0. The number of carbonyl (C=O) groups is 1. The van der Waals surface area contributed by atoms with Crippen LogP contribution >= 0.6 is 11.6 Å². The average molecular weight is 88.5 g/mol. The molecule has 0 N–H and O–H groups in total. The topological polar surface area (TPSA) is 17.1 Å². The van der Waals surface area contributed by atoms with E-state index in [4.69, 9.17) is 4.79 Å². The molecule has 0 spiro atoms. The number of rotatable bonds is 0. The minimum absolute atomic E-state index is 0. The molecular weight excluding hydrogens is 86.5 g/mol. The quantitative estimate of drug-likeness (QED) is 0.182. The molecule has 3 heteroatoms. The molecule has 0 aliphatic rings. The first kappa shape index (κ1) is 8.88. The summed E-state index contributed by atoms with van der Waals surface area (Å²) < 4.78 is 0. The second-order valence-corrected chi connectivity index (χ2v) is 0.267. The van der Waals surface area contributed by atoms with Gasteiger partial charge in [0, 0.05) is 0 Å². The molecule has 0 unspecified atom stereocenters. The maximum atomic E-state index is 8.57. The first-order valence-corrected chi connectivity index (χ1v) is 0.890. The zero-order chi connectivity index (χ0) is 2.71. The monoisotopic (exact) mass is 88.0 g/mol. The van der Waals surface area contributed by atoms with Gasteiger partial charge >= 0.3 is 29.6 Å². The van der Waals surface area contributed by atoms with Gasteiger partial charge in [0.1, 0.15) is 0 Å². The molecule has 0 radical (unpaired) electrons. The molecule has 0 amide bonds. The molecule has 1 nitrogen and oxygen atoms in total. The predicted octanol–water partition coefficient (Wildman–Crippen LogP) is -2.47. The molecule has 0 rings (SSSR count). The zero-order valence-electron chi connectivity index (χ0n) is 3.36. The Balaban J connectivity index is -0.0000000200. The fraction of sp³-hybridized carbons (Fsp3) is 0. The van der Waals surface area contributed by atoms with Crippen molar-refractivity contribution in [3.05, 3.63) is 0 Å². The molecule has 0 aromatic heterocycles. The van der Waals surface area contributed by atoms with Gasteiger partial charge in [0.2, 0.25) is 5.75 Å². The largest absolute Gasteiger partial charge is 1.00 e. The summed E-state index contributed by atoms with van der Waals surface area (Å²) in [6.07, 6.45) is 0. The molecule has 20 valence electrons. The summed E-state index contributed by atoms with van der Waals surface area (Å²) in [5.74, 6) is 0.222. The van der Waals surface area contributed by atoms with Gasteiger partial charge in [-0.2, -0.15) is 0 Å². The first-order chi connectivity index (χ1) is 1.41. The molecule has 0 bridgehead atoms. The number of hydrogen-bond acceptors (Lipinski definition) is 1. The van der Waals surface area contributed by atoms with Crippen LogP contribution in [-0.2, 0) is 4.79 Å². The van der Waals surface area contributed by atoms with E-state index in [1.54, 1.807) is 0 Å². The Morgan fingerprint density at radius 1 is 2.00 bits per heavy atom. The van der Waals surface area contributed by atoms with Gasteiger partial charge in [-0.25, -0.2) is 0 Å². The fourth-order valence-electron chi connectivity index (χ4n) is 0. The molecular formula is CH2ClNaO. The van der Waals surface area contributed by atoms with Crippen molar-refractivity contribution in [3.63, 3.8) is 0 Å². The van der Waals surface area contributed by atoms with Crippen LogP contribution in [0.25, 0.3) is 0 Å². The molecule has 0 saturated heterocycles. The Morgan fingerprint density at radius 3 is 2.00 bits per heavy atom. The van der Waals surface area contributed by atoms with Crippen molar-refractivity contribution in [2.75, 3.05) is 0 Å². The Bertz CT molecular complexity index is 19.1. The maximum Gasteiger partial charge on any atom is 1.00 e. The molecule has 0 heterocycles. The van der Waals surface area contributed by atoms with E-state index >= 15 is 0 Å². The Labute approximate surface area is 53.1 Å². The molecule has 4 heavy (non-hydrogen) atoms. The van der Waals surface area contributed by atoms with E-state index in [1.807, 2.05) is 0 Å². The van der Waals surface area contributed by atoms with Gasteiger partial charge in [0.25, 0.3) is 0 Å². The third kappa shape index (κ3) is 12.3. The summed E-state index contributed by atoms with van der Waals surface area (Å²) in [6, 6.07) is 0. The van der Waals surface area contributed by atoms with E-state index in [1.165, 1.54) is 0 Å². The van der Waals surface area contributed by atoms with Crippen LogP contribution in [0.4, 0.5) is 0 Å². The van der Waals surface area contributed by atoms with Gasteiger partial charge in [0.05, 0.1) is 0 Å². The zero-order valence-corrected chi connectivity index (χ0v) is 5.12. The van der Waals surface area contributed by atoms with Crippen LogP contribution in [0.5, 0.6) is 0 Å². The number of carbonyl (C=O) groups excluding carboxylic acids is 1. The smallest absolute Gasteiger partial charge is 1.00 e. The predicted molar refractivity (Wildman–Crippen MR) is 13.7 cm³/mol. The van der Waals surface area contributed by atoms with E-state index in [0.717, 1.165) is 0 Å². The van der Waals surface area contributed by atoms with Gasteiger partial charge in [0.15, 0.2) is 0 Å².